The zero-order chi connectivity index (χ0) is 11.3. The summed E-state index contributed by atoms with van der Waals surface area (Å²) in [5.41, 5.74) is 0.749. The third-order valence-electron chi connectivity index (χ3n) is 1.71. The predicted molar refractivity (Wildman–Crippen MR) is 55.2 cm³/mol. The summed E-state index contributed by atoms with van der Waals surface area (Å²) in [6.07, 6.45) is 0. The van der Waals surface area contributed by atoms with Crippen LogP contribution in [0.15, 0.2) is 24.3 Å². The van der Waals surface area contributed by atoms with Crippen molar-refractivity contribution in [1.82, 2.24) is 0 Å². The number of esters is 1. The first-order valence-corrected chi connectivity index (χ1v) is 5.36. The van der Waals surface area contributed by atoms with E-state index in [-0.39, 0.29) is 5.88 Å². The first kappa shape index (κ1) is 11.7. The van der Waals surface area contributed by atoms with Gasteiger partial charge in [0.25, 0.3) is 0 Å². The van der Waals surface area contributed by atoms with Crippen LogP contribution in [-0.2, 0) is 15.8 Å². The fourth-order valence-electron chi connectivity index (χ4n) is 1.06. The van der Waals surface area contributed by atoms with Crippen molar-refractivity contribution in [3.05, 3.63) is 29.8 Å². The van der Waals surface area contributed by atoms with Gasteiger partial charge in [-0.1, -0.05) is 12.1 Å². The van der Waals surface area contributed by atoms with Gasteiger partial charge in [0, 0.05) is 5.69 Å². The summed E-state index contributed by atoms with van der Waals surface area (Å²) in [5.74, 6) is -0.747. The van der Waals surface area contributed by atoms with Gasteiger partial charge in [-0.3, -0.25) is 4.21 Å². The van der Waals surface area contributed by atoms with E-state index in [9.17, 15) is 13.6 Å². The molecule has 1 aromatic rings. The Morgan fingerprint density at radius 2 is 2.20 bits per heavy atom. The molecule has 0 aromatic heterocycles. The number of anilines is 1. The lowest BCUT2D eigenvalue weighted by atomic mass is 10.2. The molecule has 0 amide bonds. The van der Waals surface area contributed by atoms with Crippen molar-refractivity contribution in [3.8, 4) is 0 Å². The van der Waals surface area contributed by atoms with Crippen LogP contribution in [0.25, 0.3) is 0 Å². The van der Waals surface area contributed by atoms with Gasteiger partial charge in [0.2, 0.25) is 0 Å². The van der Waals surface area contributed by atoms with E-state index in [0.29, 0.717) is 11.3 Å². The van der Waals surface area contributed by atoms with Gasteiger partial charge in [0.1, 0.15) is 0 Å². The van der Waals surface area contributed by atoms with Gasteiger partial charge in [-0.15, -0.1) is 0 Å². The Bertz CT molecular complexity index is 380. The van der Waals surface area contributed by atoms with E-state index < -0.39 is 17.0 Å². The molecular weight excluding hydrogens is 218 g/mol. The van der Waals surface area contributed by atoms with Gasteiger partial charge in [0.15, 0.2) is 0 Å². The van der Waals surface area contributed by atoms with Crippen LogP contribution >= 0.6 is 0 Å². The number of ether oxygens (including phenoxy) is 1. The summed E-state index contributed by atoms with van der Waals surface area (Å²) in [4.78, 5) is 11.3. The molecule has 0 aliphatic rings. The van der Waals surface area contributed by atoms with Crippen LogP contribution in [0.4, 0.5) is 5.69 Å². The lowest BCUT2D eigenvalue weighted by molar-refractivity contribution is 0.0602. The third-order valence-corrected chi connectivity index (χ3v) is 2.09. The van der Waals surface area contributed by atoms with Crippen molar-refractivity contribution < 1.29 is 18.3 Å². The minimum atomic E-state index is -2.20. The Morgan fingerprint density at radius 1 is 1.53 bits per heavy atom. The molecule has 1 rings (SSSR count). The van der Waals surface area contributed by atoms with Crippen molar-refractivity contribution >= 4 is 22.7 Å². The quantitative estimate of drug-likeness (QED) is 0.607. The third kappa shape index (κ3) is 3.34. The zero-order valence-corrected chi connectivity index (χ0v) is 8.87. The highest BCUT2D eigenvalue weighted by Crippen LogP contribution is 2.15. The van der Waals surface area contributed by atoms with Crippen LogP contribution in [0.3, 0.4) is 0 Å². The summed E-state index contributed by atoms with van der Waals surface area (Å²) in [7, 11) is 1.27. The molecule has 82 valence electrons. The second-order valence-corrected chi connectivity index (χ2v) is 3.56. The standard InChI is InChI=1S/C9H11NO4S/c1-14-9(11)7-4-2-3-5-8(7)10-6-15(12)13/h2-5,10H,6H2,1H3,(H,12,13)/p-1. The molecule has 1 unspecified atom stereocenters. The Balaban J connectivity index is 2.86. The maximum absolute atomic E-state index is 11.3. The summed E-state index contributed by atoms with van der Waals surface area (Å²) in [6, 6.07) is 6.54. The number of rotatable bonds is 4. The van der Waals surface area contributed by atoms with E-state index >= 15 is 0 Å². The summed E-state index contributed by atoms with van der Waals surface area (Å²) in [5, 5.41) is 2.61. The summed E-state index contributed by atoms with van der Waals surface area (Å²) in [6.45, 7) is 0. The number of benzene rings is 1. The molecule has 6 heteroatoms. The molecule has 0 heterocycles. The van der Waals surface area contributed by atoms with Gasteiger partial charge in [-0.05, 0) is 23.2 Å². The molecule has 1 atom stereocenters. The first-order chi connectivity index (χ1) is 7.15. The molecule has 0 spiro atoms. The van der Waals surface area contributed by atoms with Crippen LogP contribution in [-0.4, -0.2) is 27.7 Å². The number of carbonyl (C=O) groups is 1. The van der Waals surface area contributed by atoms with Crippen molar-refractivity contribution in [2.24, 2.45) is 0 Å². The monoisotopic (exact) mass is 228 g/mol. The Labute approximate surface area is 89.7 Å². The normalized spacial score (nSPS) is 11.9. The molecular formula is C9H10NO4S-. The van der Waals surface area contributed by atoms with Crippen molar-refractivity contribution in [2.45, 2.75) is 0 Å². The molecule has 1 aromatic carbocycles. The maximum Gasteiger partial charge on any atom is 0.339 e. The van der Waals surface area contributed by atoms with E-state index in [4.69, 9.17) is 0 Å². The number of para-hydroxylation sites is 1. The molecule has 1 N–H and O–H groups in total. The number of hydrogen-bond acceptors (Lipinski definition) is 5. The zero-order valence-electron chi connectivity index (χ0n) is 8.06. The number of methoxy groups -OCH3 is 1. The summed E-state index contributed by atoms with van der Waals surface area (Å²) >= 11 is -2.20. The van der Waals surface area contributed by atoms with Crippen molar-refractivity contribution in [2.75, 3.05) is 18.3 Å². The average Bonchev–Trinajstić information content (AvgIpc) is 2.25. The SMILES string of the molecule is COC(=O)c1ccccc1NCS(=O)[O-]. The molecule has 15 heavy (non-hydrogen) atoms. The lowest BCUT2D eigenvalue weighted by Gasteiger charge is -2.11. The minimum Gasteiger partial charge on any atom is -0.771 e. The Kier molecular flexibility index (Phi) is 4.26. The molecule has 0 fully saturated rings. The van der Waals surface area contributed by atoms with E-state index in [0.717, 1.165) is 0 Å². The van der Waals surface area contributed by atoms with E-state index in [1.807, 2.05) is 0 Å². The largest absolute Gasteiger partial charge is 0.771 e. The highest BCUT2D eigenvalue weighted by atomic mass is 32.2. The number of nitrogens with one attached hydrogen (secondary N) is 1. The Hall–Kier alpha value is -1.40. The van der Waals surface area contributed by atoms with Gasteiger partial charge >= 0.3 is 5.97 Å². The van der Waals surface area contributed by atoms with Crippen LogP contribution in [0.5, 0.6) is 0 Å². The van der Waals surface area contributed by atoms with Crippen molar-refractivity contribution in [3.63, 3.8) is 0 Å². The fourth-order valence-corrected chi connectivity index (χ4v) is 1.34. The second-order valence-electron chi connectivity index (χ2n) is 2.66. The van der Waals surface area contributed by atoms with Gasteiger partial charge in [-0.25, -0.2) is 4.79 Å². The van der Waals surface area contributed by atoms with Crippen LogP contribution in [0.2, 0.25) is 0 Å². The molecule has 0 aliphatic heterocycles. The molecule has 5 nitrogen and oxygen atoms in total. The number of carbonyl (C=O) groups excluding carboxylic acids is 1. The average molecular weight is 228 g/mol. The van der Waals surface area contributed by atoms with Gasteiger partial charge in [0.05, 0.1) is 18.6 Å². The minimum absolute atomic E-state index is 0.242. The topological polar surface area (TPSA) is 78.5 Å². The molecule has 0 bridgehead atoms. The van der Waals surface area contributed by atoms with Crippen LogP contribution < -0.4 is 5.32 Å². The molecule has 0 aliphatic carbocycles. The molecule has 0 radical (unpaired) electrons. The predicted octanol–water partition coefficient (Wildman–Crippen LogP) is 0.722. The summed E-state index contributed by atoms with van der Waals surface area (Å²) < 4.78 is 25.2. The second kappa shape index (κ2) is 5.47. The smallest absolute Gasteiger partial charge is 0.339 e. The van der Waals surface area contributed by atoms with Crippen molar-refractivity contribution in [1.29, 1.82) is 0 Å². The maximum atomic E-state index is 11.3. The van der Waals surface area contributed by atoms with E-state index in [1.165, 1.54) is 7.11 Å². The van der Waals surface area contributed by atoms with Crippen LogP contribution in [0.1, 0.15) is 10.4 Å². The van der Waals surface area contributed by atoms with E-state index in [1.54, 1.807) is 24.3 Å². The van der Waals surface area contributed by atoms with Gasteiger partial charge in [-0.2, -0.15) is 0 Å². The molecule has 0 saturated carbocycles. The lowest BCUT2D eigenvalue weighted by Crippen LogP contribution is -2.11. The Morgan fingerprint density at radius 3 is 2.80 bits per heavy atom. The van der Waals surface area contributed by atoms with E-state index in [2.05, 4.69) is 10.1 Å². The molecule has 0 saturated heterocycles. The van der Waals surface area contributed by atoms with Crippen LogP contribution in [0, 0.1) is 0 Å². The fraction of sp³-hybridized carbons (Fsp3) is 0.222. The number of hydrogen-bond donors (Lipinski definition) is 1. The van der Waals surface area contributed by atoms with Gasteiger partial charge < -0.3 is 14.6 Å². The highest BCUT2D eigenvalue weighted by Gasteiger charge is 2.09. The first-order valence-electron chi connectivity index (χ1n) is 4.12. The highest BCUT2D eigenvalue weighted by molar-refractivity contribution is 7.79.